The number of anilines is 1. The molecule has 0 saturated carbocycles. The molecule has 1 saturated heterocycles. The molecule has 0 aromatic heterocycles. The highest BCUT2D eigenvalue weighted by molar-refractivity contribution is 6.30. The van der Waals surface area contributed by atoms with Crippen LogP contribution in [-0.4, -0.2) is 60.9 Å². The standard InChI is InChI=1S/C23H26ClN3O4/c1-16(2)12-25(23(30)19-6-4-5-7-20(19)31-3)13-21(28)26-14-22(29)27(15-26)18-10-8-17(24)9-11-18/h4-11,16H,12-15H2,1-3H3. The number of amides is 3. The lowest BCUT2D eigenvalue weighted by Crippen LogP contribution is -2.44. The number of carbonyl (C=O) groups excluding carboxylic acids is 3. The Labute approximate surface area is 187 Å². The number of nitrogens with zero attached hydrogens (tertiary/aromatic N) is 3. The van der Waals surface area contributed by atoms with Crippen molar-refractivity contribution in [3.05, 3.63) is 59.1 Å². The van der Waals surface area contributed by atoms with E-state index in [1.54, 1.807) is 48.5 Å². The summed E-state index contributed by atoms with van der Waals surface area (Å²) in [6.07, 6.45) is 0. The maximum atomic E-state index is 13.2. The fourth-order valence-electron chi connectivity index (χ4n) is 3.48. The van der Waals surface area contributed by atoms with Gasteiger partial charge < -0.3 is 14.5 Å². The van der Waals surface area contributed by atoms with Crippen molar-refractivity contribution in [2.75, 3.05) is 38.3 Å². The minimum Gasteiger partial charge on any atom is -0.496 e. The van der Waals surface area contributed by atoms with E-state index in [2.05, 4.69) is 0 Å². The van der Waals surface area contributed by atoms with Crippen LogP contribution in [0.25, 0.3) is 0 Å². The van der Waals surface area contributed by atoms with E-state index >= 15 is 0 Å². The van der Waals surface area contributed by atoms with E-state index in [1.165, 1.54) is 21.8 Å². The summed E-state index contributed by atoms with van der Waals surface area (Å²) in [5, 5.41) is 0.572. The third-order valence-electron chi connectivity index (χ3n) is 4.97. The lowest BCUT2D eigenvalue weighted by molar-refractivity contribution is -0.132. The molecule has 8 heteroatoms. The first kappa shape index (κ1) is 22.6. The molecule has 0 radical (unpaired) electrons. The van der Waals surface area contributed by atoms with Gasteiger partial charge in [-0.2, -0.15) is 0 Å². The average Bonchev–Trinajstić information content (AvgIpc) is 3.14. The molecular weight excluding hydrogens is 418 g/mol. The largest absolute Gasteiger partial charge is 0.496 e. The Bertz CT molecular complexity index is 962. The molecular formula is C23H26ClN3O4. The predicted octanol–water partition coefficient (Wildman–Crippen LogP) is 3.28. The highest BCUT2D eigenvalue weighted by Gasteiger charge is 2.33. The van der Waals surface area contributed by atoms with Crippen LogP contribution >= 0.6 is 11.6 Å². The molecule has 1 aliphatic rings. The second-order valence-electron chi connectivity index (χ2n) is 7.81. The van der Waals surface area contributed by atoms with Crippen LogP contribution in [0.1, 0.15) is 24.2 Å². The zero-order chi connectivity index (χ0) is 22.5. The Balaban J connectivity index is 1.74. The molecule has 0 aliphatic carbocycles. The first-order valence-corrected chi connectivity index (χ1v) is 10.4. The van der Waals surface area contributed by atoms with Gasteiger partial charge in [0.1, 0.15) is 25.5 Å². The third kappa shape index (κ3) is 5.35. The summed E-state index contributed by atoms with van der Waals surface area (Å²) in [6, 6.07) is 13.8. The molecule has 3 amide bonds. The van der Waals surface area contributed by atoms with Crippen molar-refractivity contribution in [1.82, 2.24) is 9.80 Å². The molecule has 1 aliphatic heterocycles. The molecule has 1 heterocycles. The monoisotopic (exact) mass is 443 g/mol. The van der Waals surface area contributed by atoms with Crippen molar-refractivity contribution in [3.63, 3.8) is 0 Å². The molecule has 0 spiro atoms. The fourth-order valence-corrected chi connectivity index (χ4v) is 3.60. The van der Waals surface area contributed by atoms with Gasteiger partial charge in [-0.25, -0.2) is 0 Å². The molecule has 1 fully saturated rings. The first-order valence-electron chi connectivity index (χ1n) is 10.1. The average molecular weight is 444 g/mol. The zero-order valence-corrected chi connectivity index (χ0v) is 18.6. The van der Waals surface area contributed by atoms with Gasteiger partial charge in [-0.15, -0.1) is 0 Å². The van der Waals surface area contributed by atoms with Crippen LogP contribution in [0.3, 0.4) is 0 Å². The first-order chi connectivity index (χ1) is 14.8. The van der Waals surface area contributed by atoms with Gasteiger partial charge in [0.2, 0.25) is 11.8 Å². The van der Waals surface area contributed by atoms with Crippen LogP contribution in [0, 0.1) is 5.92 Å². The van der Waals surface area contributed by atoms with E-state index in [-0.39, 0.29) is 43.4 Å². The summed E-state index contributed by atoms with van der Waals surface area (Å²) in [4.78, 5) is 43.2. The Morgan fingerprint density at radius 3 is 2.45 bits per heavy atom. The van der Waals surface area contributed by atoms with E-state index < -0.39 is 0 Å². The van der Waals surface area contributed by atoms with Crippen molar-refractivity contribution in [2.24, 2.45) is 5.92 Å². The predicted molar refractivity (Wildman–Crippen MR) is 119 cm³/mol. The fraction of sp³-hybridized carbons (Fsp3) is 0.348. The van der Waals surface area contributed by atoms with E-state index in [0.29, 0.717) is 28.6 Å². The van der Waals surface area contributed by atoms with Crippen LogP contribution in [0.4, 0.5) is 5.69 Å². The molecule has 0 bridgehead atoms. The molecule has 0 unspecified atom stereocenters. The lowest BCUT2D eigenvalue weighted by Gasteiger charge is -2.27. The Morgan fingerprint density at radius 2 is 1.81 bits per heavy atom. The van der Waals surface area contributed by atoms with Crippen LogP contribution in [0.15, 0.2) is 48.5 Å². The van der Waals surface area contributed by atoms with Gasteiger partial charge in [0.05, 0.1) is 12.7 Å². The van der Waals surface area contributed by atoms with Gasteiger partial charge in [-0.3, -0.25) is 19.3 Å². The number of hydrogen-bond donors (Lipinski definition) is 0. The summed E-state index contributed by atoms with van der Waals surface area (Å²) in [6.45, 7) is 4.36. The maximum Gasteiger partial charge on any atom is 0.258 e. The smallest absolute Gasteiger partial charge is 0.258 e. The SMILES string of the molecule is COc1ccccc1C(=O)N(CC(=O)N1CC(=O)N(c2ccc(Cl)cc2)C1)CC(C)C. The second kappa shape index (κ2) is 9.83. The van der Waals surface area contributed by atoms with Crippen molar-refractivity contribution in [3.8, 4) is 5.75 Å². The number of benzene rings is 2. The zero-order valence-electron chi connectivity index (χ0n) is 17.9. The van der Waals surface area contributed by atoms with Crippen LogP contribution in [0.5, 0.6) is 5.75 Å². The van der Waals surface area contributed by atoms with E-state index in [0.717, 1.165) is 0 Å². The van der Waals surface area contributed by atoms with Gasteiger partial charge in [0.25, 0.3) is 5.91 Å². The van der Waals surface area contributed by atoms with Crippen molar-refractivity contribution < 1.29 is 19.1 Å². The van der Waals surface area contributed by atoms with Crippen LogP contribution in [-0.2, 0) is 9.59 Å². The minimum atomic E-state index is -0.284. The van der Waals surface area contributed by atoms with Crippen molar-refractivity contribution >= 4 is 35.0 Å². The van der Waals surface area contributed by atoms with Crippen LogP contribution < -0.4 is 9.64 Å². The van der Waals surface area contributed by atoms with Crippen molar-refractivity contribution in [2.45, 2.75) is 13.8 Å². The molecule has 164 valence electrons. The van der Waals surface area contributed by atoms with E-state index in [9.17, 15) is 14.4 Å². The van der Waals surface area contributed by atoms with Gasteiger partial charge in [0, 0.05) is 17.3 Å². The second-order valence-corrected chi connectivity index (χ2v) is 8.25. The number of para-hydroxylation sites is 1. The molecule has 3 rings (SSSR count). The molecule has 2 aromatic rings. The molecule has 31 heavy (non-hydrogen) atoms. The number of ether oxygens (including phenoxy) is 1. The molecule has 0 N–H and O–H groups in total. The summed E-state index contributed by atoms with van der Waals surface area (Å²) < 4.78 is 5.31. The van der Waals surface area contributed by atoms with Gasteiger partial charge in [-0.1, -0.05) is 37.6 Å². The van der Waals surface area contributed by atoms with Crippen molar-refractivity contribution in [1.29, 1.82) is 0 Å². The maximum absolute atomic E-state index is 13.2. The Morgan fingerprint density at radius 1 is 1.13 bits per heavy atom. The topological polar surface area (TPSA) is 70.2 Å². The molecule has 0 atom stereocenters. The normalized spacial score (nSPS) is 13.6. The number of hydrogen-bond acceptors (Lipinski definition) is 4. The quantitative estimate of drug-likeness (QED) is 0.658. The highest BCUT2D eigenvalue weighted by Crippen LogP contribution is 2.23. The molecule has 7 nitrogen and oxygen atoms in total. The number of methoxy groups -OCH3 is 1. The summed E-state index contributed by atoms with van der Waals surface area (Å²) in [5.74, 6) is -0.119. The highest BCUT2D eigenvalue weighted by atomic mass is 35.5. The third-order valence-corrected chi connectivity index (χ3v) is 5.22. The number of carbonyl (C=O) groups is 3. The number of rotatable bonds is 7. The van der Waals surface area contributed by atoms with Gasteiger partial charge in [-0.05, 0) is 42.3 Å². The lowest BCUT2D eigenvalue weighted by atomic mass is 10.1. The van der Waals surface area contributed by atoms with Gasteiger partial charge in [0.15, 0.2) is 0 Å². The minimum absolute atomic E-state index is 0.0279. The summed E-state index contributed by atoms with van der Waals surface area (Å²) in [7, 11) is 1.51. The molecule has 2 aromatic carbocycles. The Hall–Kier alpha value is -3.06. The number of halogens is 1. The van der Waals surface area contributed by atoms with E-state index in [1.807, 2.05) is 13.8 Å². The summed E-state index contributed by atoms with van der Waals surface area (Å²) in [5.41, 5.74) is 1.08. The summed E-state index contributed by atoms with van der Waals surface area (Å²) >= 11 is 5.92. The van der Waals surface area contributed by atoms with Gasteiger partial charge >= 0.3 is 0 Å². The van der Waals surface area contributed by atoms with E-state index in [4.69, 9.17) is 16.3 Å². The Kier molecular flexibility index (Phi) is 7.17. The van der Waals surface area contributed by atoms with Crippen LogP contribution in [0.2, 0.25) is 5.02 Å².